The molecule has 98 valence electrons. The number of carbonyl (C=O) groups excluding carboxylic acids is 1. The molecule has 1 heterocycles. The lowest BCUT2D eigenvalue weighted by Crippen LogP contribution is -2.40. The standard InChI is InChI=1S/C12H21NO4/c1-3-6-13(9-12(14)16-4-2)8-11-5-7-15-10-17-11/h3,11H,1,4-10H2,2H3. The van der Waals surface area contributed by atoms with Crippen LogP contribution >= 0.6 is 0 Å². The highest BCUT2D eigenvalue weighted by Crippen LogP contribution is 2.08. The van der Waals surface area contributed by atoms with Crippen LogP contribution in [0.25, 0.3) is 0 Å². The third-order valence-electron chi connectivity index (χ3n) is 2.48. The van der Waals surface area contributed by atoms with E-state index in [-0.39, 0.29) is 18.6 Å². The molecule has 0 aromatic heterocycles. The Morgan fingerprint density at radius 3 is 3.06 bits per heavy atom. The molecule has 1 fully saturated rings. The minimum atomic E-state index is -0.207. The lowest BCUT2D eigenvalue weighted by atomic mass is 10.2. The Morgan fingerprint density at radius 2 is 2.47 bits per heavy atom. The maximum atomic E-state index is 11.4. The zero-order valence-electron chi connectivity index (χ0n) is 10.4. The number of esters is 1. The van der Waals surface area contributed by atoms with Crippen molar-refractivity contribution in [2.75, 3.05) is 39.6 Å². The average Bonchev–Trinajstić information content (AvgIpc) is 2.31. The van der Waals surface area contributed by atoms with Crippen molar-refractivity contribution in [2.45, 2.75) is 19.4 Å². The molecule has 0 aliphatic carbocycles. The minimum Gasteiger partial charge on any atom is -0.465 e. The third kappa shape index (κ3) is 5.81. The van der Waals surface area contributed by atoms with E-state index < -0.39 is 0 Å². The number of nitrogens with zero attached hydrogens (tertiary/aromatic N) is 1. The molecule has 0 radical (unpaired) electrons. The summed E-state index contributed by atoms with van der Waals surface area (Å²) in [7, 11) is 0. The maximum Gasteiger partial charge on any atom is 0.320 e. The fourth-order valence-electron chi connectivity index (χ4n) is 1.71. The molecule has 1 unspecified atom stereocenters. The Bertz CT molecular complexity index is 239. The van der Waals surface area contributed by atoms with Gasteiger partial charge >= 0.3 is 5.97 Å². The molecule has 1 aliphatic rings. The number of carbonyl (C=O) groups is 1. The topological polar surface area (TPSA) is 48.0 Å². The van der Waals surface area contributed by atoms with Crippen LogP contribution in [0.15, 0.2) is 12.7 Å². The van der Waals surface area contributed by atoms with Gasteiger partial charge in [0.2, 0.25) is 0 Å². The van der Waals surface area contributed by atoms with Crippen molar-refractivity contribution >= 4 is 5.97 Å². The zero-order valence-corrected chi connectivity index (χ0v) is 10.4. The summed E-state index contributed by atoms with van der Waals surface area (Å²) in [6.07, 6.45) is 2.76. The van der Waals surface area contributed by atoms with Crippen molar-refractivity contribution in [3.63, 3.8) is 0 Å². The van der Waals surface area contributed by atoms with Crippen molar-refractivity contribution in [3.8, 4) is 0 Å². The second-order valence-electron chi connectivity index (χ2n) is 3.89. The Morgan fingerprint density at radius 1 is 1.65 bits per heavy atom. The van der Waals surface area contributed by atoms with Gasteiger partial charge < -0.3 is 14.2 Å². The van der Waals surface area contributed by atoms with Gasteiger partial charge in [-0.2, -0.15) is 0 Å². The molecular formula is C12H21NO4. The second kappa shape index (κ2) is 8.22. The van der Waals surface area contributed by atoms with Crippen LogP contribution in [0.1, 0.15) is 13.3 Å². The van der Waals surface area contributed by atoms with E-state index in [2.05, 4.69) is 6.58 Å². The van der Waals surface area contributed by atoms with Crippen LogP contribution in [0.4, 0.5) is 0 Å². The van der Waals surface area contributed by atoms with Crippen molar-refractivity contribution in [3.05, 3.63) is 12.7 Å². The first kappa shape index (κ1) is 14.2. The number of rotatable bonds is 7. The molecule has 0 spiro atoms. The highest BCUT2D eigenvalue weighted by atomic mass is 16.7. The zero-order chi connectivity index (χ0) is 12.5. The summed E-state index contributed by atoms with van der Waals surface area (Å²) in [5.74, 6) is -0.207. The summed E-state index contributed by atoms with van der Waals surface area (Å²) in [6.45, 7) is 8.59. The van der Waals surface area contributed by atoms with Gasteiger partial charge in [-0.05, 0) is 13.3 Å². The summed E-state index contributed by atoms with van der Waals surface area (Å²) in [6, 6.07) is 0. The molecule has 0 N–H and O–H groups in total. The van der Waals surface area contributed by atoms with Gasteiger partial charge in [0.15, 0.2) is 0 Å². The van der Waals surface area contributed by atoms with Gasteiger partial charge in [0.1, 0.15) is 6.79 Å². The Hall–Kier alpha value is -0.910. The van der Waals surface area contributed by atoms with Gasteiger partial charge in [0, 0.05) is 13.1 Å². The molecule has 1 saturated heterocycles. The van der Waals surface area contributed by atoms with Gasteiger partial charge in [-0.1, -0.05) is 6.08 Å². The van der Waals surface area contributed by atoms with Crippen LogP contribution in [-0.4, -0.2) is 56.6 Å². The van der Waals surface area contributed by atoms with Crippen LogP contribution in [-0.2, 0) is 19.0 Å². The largest absolute Gasteiger partial charge is 0.465 e. The van der Waals surface area contributed by atoms with Gasteiger partial charge in [0.05, 0.1) is 25.9 Å². The van der Waals surface area contributed by atoms with Crippen molar-refractivity contribution in [2.24, 2.45) is 0 Å². The van der Waals surface area contributed by atoms with Gasteiger partial charge in [0.25, 0.3) is 0 Å². The molecule has 1 rings (SSSR count). The normalized spacial score (nSPS) is 20.2. The monoisotopic (exact) mass is 243 g/mol. The fourth-order valence-corrected chi connectivity index (χ4v) is 1.71. The Kier molecular flexibility index (Phi) is 6.84. The number of hydrogen-bond donors (Lipinski definition) is 0. The van der Waals surface area contributed by atoms with E-state index in [4.69, 9.17) is 14.2 Å². The molecule has 0 aromatic carbocycles. The number of ether oxygens (including phenoxy) is 3. The summed E-state index contributed by atoms with van der Waals surface area (Å²) in [5, 5.41) is 0. The van der Waals surface area contributed by atoms with Gasteiger partial charge in [-0.15, -0.1) is 6.58 Å². The molecule has 17 heavy (non-hydrogen) atoms. The molecule has 0 aromatic rings. The predicted molar refractivity (Wildman–Crippen MR) is 63.6 cm³/mol. The Labute approximate surface area is 102 Å². The van der Waals surface area contributed by atoms with Crippen molar-refractivity contribution in [1.29, 1.82) is 0 Å². The van der Waals surface area contributed by atoms with Crippen LogP contribution in [0.3, 0.4) is 0 Å². The lowest BCUT2D eigenvalue weighted by Gasteiger charge is -2.28. The first-order chi connectivity index (χ1) is 8.26. The maximum absolute atomic E-state index is 11.4. The highest BCUT2D eigenvalue weighted by Gasteiger charge is 2.19. The van der Waals surface area contributed by atoms with Crippen molar-refractivity contribution < 1.29 is 19.0 Å². The molecule has 0 saturated carbocycles. The number of hydrogen-bond acceptors (Lipinski definition) is 5. The van der Waals surface area contributed by atoms with Crippen LogP contribution < -0.4 is 0 Å². The van der Waals surface area contributed by atoms with E-state index in [1.54, 1.807) is 13.0 Å². The van der Waals surface area contributed by atoms with Crippen LogP contribution in [0.2, 0.25) is 0 Å². The van der Waals surface area contributed by atoms with E-state index in [9.17, 15) is 4.79 Å². The van der Waals surface area contributed by atoms with E-state index in [1.165, 1.54) is 0 Å². The van der Waals surface area contributed by atoms with Gasteiger partial charge in [-0.25, -0.2) is 0 Å². The summed E-state index contributed by atoms with van der Waals surface area (Å²) in [4.78, 5) is 13.4. The first-order valence-corrected chi connectivity index (χ1v) is 5.94. The second-order valence-corrected chi connectivity index (χ2v) is 3.89. The van der Waals surface area contributed by atoms with E-state index >= 15 is 0 Å². The first-order valence-electron chi connectivity index (χ1n) is 5.94. The van der Waals surface area contributed by atoms with E-state index in [0.29, 0.717) is 33.1 Å². The summed E-state index contributed by atoms with van der Waals surface area (Å²) >= 11 is 0. The lowest BCUT2D eigenvalue weighted by molar-refractivity contribution is -0.151. The SMILES string of the molecule is C=CCN(CC(=O)OCC)CC1CCOCO1. The smallest absolute Gasteiger partial charge is 0.320 e. The molecule has 0 amide bonds. The fraction of sp³-hybridized carbons (Fsp3) is 0.750. The van der Waals surface area contributed by atoms with E-state index in [1.807, 2.05) is 4.90 Å². The van der Waals surface area contributed by atoms with Crippen LogP contribution in [0.5, 0.6) is 0 Å². The quantitative estimate of drug-likeness (QED) is 0.489. The predicted octanol–water partition coefficient (Wildman–Crippen LogP) is 0.800. The molecule has 0 bridgehead atoms. The van der Waals surface area contributed by atoms with Gasteiger partial charge in [-0.3, -0.25) is 9.69 Å². The minimum absolute atomic E-state index is 0.123. The Balaban J connectivity index is 2.35. The van der Waals surface area contributed by atoms with Crippen LogP contribution in [0, 0.1) is 0 Å². The summed E-state index contributed by atoms with van der Waals surface area (Å²) < 4.78 is 15.5. The highest BCUT2D eigenvalue weighted by molar-refractivity contribution is 5.71. The van der Waals surface area contributed by atoms with Crippen molar-refractivity contribution in [1.82, 2.24) is 4.90 Å². The summed E-state index contributed by atoms with van der Waals surface area (Å²) in [5.41, 5.74) is 0. The molecule has 1 atom stereocenters. The average molecular weight is 243 g/mol. The molecule has 5 nitrogen and oxygen atoms in total. The molecule has 5 heteroatoms. The van der Waals surface area contributed by atoms with E-state index in [0.717, 1.165) is 6.42 Å². The molecule has 1 aliphatic heterocycles. The third-order valence-corrected chi connectivity index (χ3v) is 2.48. The molecular weight excluding hydrogens is 222 g/mol.